The molecule has 1 aromatic carbocycles. The van der Waals surface area contributed by atoms with Crippen LogP contribution in [0.1, 0.15) is 24.2 Å². The van der Waals surface area contributed by atoms with Crippen molar-refractivity contribution in [3.05, 3.63) is 36.2 Å². The summed E-state index contributed by atoms with van der Waals surface area (Å²) in [5.41, 5.74) is 0.886. The maximum absolute atomic E-state index is 12.6. The maximum atomic E-state index is 12.6. The van der Waals surface area contributed by atoms with Gasteiger partial charge in [-0.25, -0.2) is 4.98 Å². The van der Waals surface area contributed by atoms with Gasteiger partial charge in [0.2, 0.25) is 0 Å². The fraction of sp³-hybridized carbons (Fsp3) is 0.400. The van der Waals surface area contributed by atoms with E-state index in [-0.39, 0.29) is 5.56 Å². The zero-order valence-corrected chi connectivity index (χ0v) is 13.0. The maximum Gasteiger partial charge on any atom is 0.406 e. The van der Waals surface area contributed by atoms with Crippen molar-refractivity contribution in [1.82, 2.24) is 19.7 Å². The van der Waals surface area contributed by atoms with Crippen LogP contribution in [-0.4, -0.2) is 44.3 Å². The summed E-state index contributed by atoms with van der Waals surface area (Å²) in [5, 5.41) is 4.13. The summed E-state index contributed by atoms with van der Waals surface area (Å²) in [6, 6.07) is 5.66. The molecule has 0 atom stereocenters. The Balaban J connectivity index is 2.21. The molecule has 23 heavy (non-hydrogen) atoms. The number of hydrogen-bond donors (Lipinski definition) is 0. The molecule has 2 rings (SSSR count). The standard InChI is InChI=1S/C15H17F3N4O/c1-10(2)22(8-15(16,17)18)14(23)12-6-4-11(5-7-12)13-19-9-21(3)20-13/h4-7,9-10H,8H2,1-3H3. The molecular weight excluding hydrogens is 309 g/mol. The SMILES string of the molecule is CC(C)N(CC(F)(F)F)C(=O)c1ccc(-c2ncn(C)n2)cc1. The second kappa shape index (κ2) is 6.39. The number of alkyl halides is 3. The molecule has 0 aliphatic rings. The fourth-order valence-corrected chi connectivity index (χ4v) is 2.08. The van der Waals surface area contributed by atoms with Crippen LogP contribution < -0.4 is 0 Å². The molecule has 0 fully saturated rings. The van der Waals surface area contributed by atoms with E-state index in [4.69, 9.17) is 0 Å². The molecule has 8 heteroatoms. The number of nitrogens with zero attached hydrogens (tertiary/aromatic N) is 4. The average Bonchev–Trinajstić information content (AvgIpc) is 2.90. The van der Waals surface area contributed by atoms with Crippen LogP contribution in [0.2, 0.25) is 0 Å². The summed E-state index contributed by atoms with van der Waals surface area (Å²) < 4.78 is 39.4. The van der Waals surface area contributed by atoms with Gasteiger partial charge < -0.3 is 4.90 Å². The highest BCUT2D eigenvalue weighted by Gasteiger charge is 2.34. The molecule has 0 bridgehead atoms. The zero-order chi connectivity index (χ0) is 17.2. The van der Waals surface area contributed by atoms with E-state index >= 15 is 0 Å². The lowest BCUT2D eigenvalue weighted by molar-refractivity contribution is -0.143. The van der Waals surface area contributed by atoms with Crippen LogP contribution in [-0.2, 0) is 7.05 Å². The monoisotopic (exact) mass is 326 g/mol. The van der Waals surface area contributed by atoms with E-state index in [1.165, 1.54) is 23.1 Å². The Kier molecular flexibility index (Phi) is 4.72. The first-order chi connectivity index (χ1) is 10.7. The minimum atomic E-state index is -4.43. The van der Waals surface area contributed by atoms with E-state index in [1.807, 2.05) is 0 Å². The number of halogens is 3. The highest BCUT2D eigenvalue weighted by Crippen LogP contribution is 2.21. The molecule has 0 radical (unpaired) electrons. The summed E-state index contributed by atoms with van der Waals surface area (Å²) in [5.74, 6) is -0.166. The normalized spacial score (nSPS) is 11.8. The number of aromatic nitrogens is 3. The van der Waals surface area contributed by atoms with Crippen LogP contribution in [0.15, 0.2) is 30.6 Å². The molecule has 1 heterocycles. The van der Waals surface area contributed by atoms with E-state index in [0.717, 1.165) is 4.90 Å². The quantitative estimate of drug-likeness (QED) is 0.868. The van der Waals surface area contributed by atoms with Crippen molar-refractivity contribution in [2.24, 2.45) is 7.05 Å². The van der Waals surface area contributed by atoms with Crippen molar-refractivity contribution in [2.75, 3.05) is 6.54 Å². The van der Waals surface area contributed by atoms with Crippen molar-refractivity contribution in [3.63, 3.8) is 0 Å². The van der Waals surface area contributed by atoms with Gasteiger partial charge in [-0.15, -0.1) is 0 Å². The van der Waals surface area contributed by atoms with Gasteiger partial charge in [0.05, 0.1) is 0 Å². The predicted octanol–water partition coefficient (Wildman–Crippen LogP) is 2.90. The van der Waals surface area contributed by atoms with Gasteiger partial charge in [0.25, 0.3) is 5.91 Å². The Morgan fingerprint density at radius 2 is 1.87 bits per heavy atom. The van der Waals surface area contributed by atoms with Crippen LogP contribution in [0.4, 0.5) is 13.2 Å². The van der Waals surface area contributed by atoms with Crippen molar-refractivity contribution < 1.29 is 18.0 Å². The highest BCUT2D eigenvalue weighted by molar-refractivity contribution is 5.94. The minimum Gasteiger partial charge on any atom is -0.327 e. The van der Waals surface area contributed by atoms with Crippen molar-refractivity contribution in [3.8, 4) is 11.4 Å². The number of benzene rings is 1. The van der Waals surface area contributed by atoms with Crippen molar-refractivity contribution in [1.29, 1.82) is 0 Å². The average molecular weight is 326 g/mol. The number of hydrogen-bond acceptors (Lipinski definition) is 3. The second-order valence-corrected chi connectivity index (χ2v) is 5.46. The third-order valence-electron chi connectivity index (χ3n) is 3.22. The number of amides is 1. The number of carbonyl (C=O) groups excluding carboxylic acids is 1. The molecule has 0 aliphatic heterocycles. The molecule has 0 saturated heterocycles. The number of aryl methyl sites for hydroxylation is 1. The predicted molar refractivity (Wildman–Crippen MR) is 78.7 cm³/mol. The van der Waals surface area contributed by atoms with E-state index in [0.29, 0.717) is 11.4 Å². The zero-order valence-electron chi connectivity index (χ0n) is 13.0. The van der Waals surface area contributed by atoms with Gasteiger partial charge in [-0.3, -0.25) is 9.48 Å². The molecule has 0 saturated carbocycles. The smallest absolute Gasteiger partial charge is 0.327 e. The fourth-order valence-electron chi connectivity index (χ4n) is 2.08. The van der Waals surface area contributed by atoms with E-state index in [9.17, 15) is 18.0 Å². The van der Waals surface area contributed by atoms with Gasteiger partial charge in [-0.2, -0.15) is 18.3 Å². The van der Waals surface area contributed by atoms with Gasteiger partial charge in [0.15, 0.2) is 5.82 Å². The second-order valence-electron chi connectivity index (χ2n) is 5.46. The Labute approximate surface area is 131 Å². The van der Waals surface area contributed by atoms with Crippen LogP contribution in [0, 0.1) is 0 Å². The molecule has 0 N–H and O–H groups in total. The van der Waals surface area contributed by atoms with E-state index < -0.39 is 24.7 Å². The van der Waals surface area contributed by atoms with Crippen LogP contribution in [0.25, 0.3) is 11.4 Å². The third kappa shape index (κ3) is 4.30. The largest absolute Gasteiger partial charge is 0.406 e. The van der Waals surface area contributed by atoms with Crippen LogP contribution in [0.3, 0.4) is 0 Å². The third-order valence-corrected chi connectivity index (χ3v) is 3.22. The first kappa shape index (κ1) is 17.0. The number of carbonyl (C=O) groups is 1. The lowest BCUT2D eigenvalue weighted by Gasteiger charge is -2.27. The van der Waals surface area contributed by atoms with Gasteiger partial charge in [0, 0.05) is 24.2 Å². The minimum absolute atomic E-state index is 0.197. The van der Waals surface area contributed by atoms with E-state index in [2.05, 4.69) is 10.1 Å². The van der Waals surface area contributed by atoms with Gasteiger partial charge >= 0.3 is 6.18 Å². The Hall–Kier alpha value is -2.38. The Morgan fingerprint density at radius 3 is 2.30 bits per heavy atom. The first-order valence-corrected chi connectivity index (χ1v) is 7.01. The van der Waals surface area contributed by atoms with Crippen molar-refractivity contribution >= 4 is 5.91 Å². The molecule has 124 valence electrons. The molecule has 2 aromatic rings. The molecule has 1 aromatic heterocycles. The summed E-state index contributed by atoms with van der Waals surface area (Å²) in [6.07, 6.45) is -2.89. The Bertz CT molecular complexity index is 677. The topological polar surface area (TPSA) is 51.0 Å². The van der Waals surface area contributed by atoms with Crippen LogP contribution in [0.5, 0.6) is 0 Å². The summed E-state index contributed by atoms with van der Waals surface area (Å²) in [4.78, 5) is 17.2. The highest BCUT2D eigenvalue weighted by atomic mass is 19.4. The van der Waals surface area contributed by atoms with Gasteiger partial charge in [-0.1, -0.05) is 12.1 Å². The first-order valence-electron chi connectivity index (χ1n) is 7.01. The van der Waals surface area contributed by atoms with E-state index in [1.54, 1.807) is 33.0 Å². The molecule has 0 unspecified atom stereocenters. The van der Waals surface area contributed by atoms with Gasteiger partial charge in [-0.05, 0) is 26.0 Å². The lowest BCUT2D eigenvalue weighted by atomic mass is 10.1. The number of rotatable bonds is 4. The molecule has 0 aliphatic carbocycles. The summed E-state index contributed by atoms with van der Waals surface area (Å²) in [6.45, 7) is 1.83. The van der Waals surface area contributed by atoms with Crippen LogP contribution >= 0.6 is 0 Å². The van der Waals surface area contributed by atoms with Crippen molar-refractivity contribution in [2.45, 2.75) is 26.1 Å². The van der Waals surface area contributed by atoms with Gasteiger partial charge in [0.1, 0.15) is 12.9 Å². The molecule has 1 amide bonds. The molecule has 0 spiro atoms. The molecular formula is C15H17F3N4O. The summed E-state index contributed by atoms with van der Waals surface area (Å²) >= 11 is 0. The molecule has 5 nitrogen and oxygen atoms in total. The lowest BCUT2D eigenvalue weighted by Crippen LogP contribution is -2.43. The Morgan fingerprint density at radius 1 is 1.26 bits per heavy atom. The summed E-state index contributed by atoms with van der Waals surface area (Å²) in [7, 11) is 1.73.